The number of nitrogens with zero attached hydrogens (tertiary/aromatic N) is 3. The number of aromatic nitrogens is 2. The van der Waals surface area contributed by atoms with Crippen molar-refractivity contribution in [3.63, 3.8) is 0 Å². The number of benzene rings is 1. The first-order chi connectivity index (χ1) is 17.0. The molecule has 3 aromatic rings. The monoisotopic (exact) mass is 543 g/mol. The van der Waals surface area contributed by atoms with Gasteiger partial charge in [-0.25, -0.2) is 9.78 Å². The molecular formula is C22H21ClF3N5O4S. The van der Waals surface area contributed by atoms with Crippen molar-refractivity contribution in [2.24, 2.45) is 0 Å². The van der Waals surface area contributed by atoms with Gasteiger partial charge in [0.05, 0.1) is 20.5 Å². The maximum Gasteiger partial charge on any atom is 0.490 e. The third kappa shape index (κ3) is 6.76. The second-order valence-corrected chi connectivity index (χ2v) is 9.01. The molecule has 3 N–H and O–H groups in total. The van der Waals surface area contributed by atoms with Crippen LogP contribution in [0.5, 0.6) is 0 Å². The zero-order chi connectivity index (χ0) is 26.5. The van der Waals surface area contributed by atoms with E-state index in [4.69, 9.17) is 21.5 Å². The molecule has 0 saturated carbocycles. The van der Waals surface area contributed by atoms with Crippen LogP contribution < -0.4 is 10.2 Å². The van der Waals surface area contributed by atoms with Crippen LogP contribution in [-0.2, 0) is 4.79 Å². The number of imidazole rings is 1. The van der Waals surface area contributed by atoms with E-state index in [-0.39, 0.29) is 11.8 Å². The second-order valence-electron chi connectivity index (χ2n) is 7.55. The number of aryl methyl sites for hydroxylation is 1. The highest BCUT2D eigenvalue weighted by molar-refractivity contribution is 7.18. The molecule has 2 amide bonds. The molecule has 0 radical (unpaired) electrons. The molecule has 3 heterocycles. The smallest absolute Gasteiger partial charge is 0.475 e. The maximum atomic E-state index is 13.0. The van der Waals surface area contributed by atoms with E-state index in [0.29, 0.717) is 33.6 Å². The number of thiophene rings is 1. The summed E-state index contributed by atoms with van der Waals surface area (Å²) in [6.45, 7) is 4.57. The van der Waals surface area contributed by atoms with E-state index < -0.39 is 12.1 Å². The Bertz CT molecular complexity index is 1220. The SMILES string of the molecule is Cc1cc(NC(=O)c2ccccc2Cl)sc1C(=O)N1CCN(c2ncc[nH]2)CC1.O=C(O)C(F)(F)F. The molecule has 1 aliphatic rings. The number of carbonyl (C=O) groups is 3. The van der Waals surface area contributed by atoms with Crippen molar-refractivity contribution in [3.05, 3.63) is 63.8 Å². The first-order valence-electron chi connectivity index (χ1n) is 10.5. The Labute approximate surface area is 212 Å². The molecule has 0 aliphatic carbocycles. The Morgan fingerprint density at radius 1 is 1.17 bits per heavy atom. The van der Waals surface area contributed by atoms with Crippen LogP contribution in [0.2, 0.25) is 5.02 Å². The van der Waals surface area contributed by atoms with Gasteiger partial charge in [-0.05, 0) is 30.7 Å². The number of carboxylic acid groups (broad SMARTS) is 1. The summed E-state index contributed by atoms with van der Waals surface area (Å²) in [5, 5.41) is 11.0. The number of aromatic amines is 1. The van der Waals surface area contributed by atoms with E-state index in [1.807, 2.05) is 17.9 Å². The number of aliphatic carboxylic acids is 1. The summed E-state index contributed by atoms with van der Waals surface area (Å²) in [5.74, 6) is -2.23. The third-order valence-corrected chi connectivity index (χ3v) is 6.53. The molecule has 0 spiro atoms. The van der Waals surface area contributed by atoms with Gasteiger partial charge in [0, 0.05) is 38.6 Å². The fraction of sp³-hybridized carbons (Fsp3) is 0.273. The zero-order valence-electron chi connectivity index (χ0n) is 18.8. The minimum absolute atomic E-state index is 0.00941. The van der Waals surface area contributed by atoms with Crippen LogP contribution in [0.15, 0.2) is 42.7 Å². The Morgan fingerprint density at radius 3 is 2.36 bits per heavy atom. The van der Waals surface area contributed by atoms with Crippen molar-refractivity contribution in [1.82, 2.24) is 14.9 Å². The normalized spacial score (nSPS) is 13.6. The number of hydrogen-bond acceptors (Lipinski definition) is 6. The molecule has 0 atom stereocenters. The number of amides is 2. The van der Waals surface area contributed by atoms with Crippen LogP contribution >= 0.6 is 22.9 Å². The number of alkyl halides is 3. The summed E-state index contributed by atoms with van der Waals surface area (Å²) < 4.78 is 31.7. The number of anilines is 2. The standard InChI is InChI=1S/C20H20ClN5O2S.C2HF3O2/c1-13-12-16(24-18(27)14-4-2-3-5-15(14)21)29-17(13)19(28)25-8-10-26(11-9-25)20-22-6-7-23-20;3-2(4,5)1(6)7/h2-7,12H,8-11H2,1H3,(H,22,23)(H,24,27);(H,6,7). The lowest BCUT2D eigenvalue weighted by Crippen LogP contribution is -2.49. The highest BCUT2D eigenvalue weighted by atomic mass is 35.5. The number of piperazine rings is 1. The molecule has 0 unspecified atom stereocenters. The zero-order valence-corrected chi connectivity index (χ0v) is 20.4. The number of carboxylic acids is 1. The van der Waals surface area contributed by atoms with Gasteiger partial charge in [0.15, 0.2) is 0 Å². The Balaban J connectivity index is 0.000000454. The number of carbonyl (C=O) groups excluding carboxylic acids is 2. The van der Waals surface area contributed by atoms with Gasteiger partial charge in [-0.3, -0.25) is 9.59 Å². The molecule has 0 bridgehead atoms. The topological polar surface area (TPSA) is 119 Å². The molecule has 2 aromatic heterocycles. The molecule has 1 aromatic carbocycles. The number of rotatable bonds is 4. The Hall–Kier alpha value is -3.58. The number of nitrogens with one attached hydrogen (secondary N) is 2. The van der Waals surface area contributed by atoms with Crippen LogP contribution in [0.25, 0.3) is 0 Å². The van der Waals surface area contributed by atoms with E-state index in [1.165, 1.54) is 11.3 Å². The minimum Gasteiger partial charge on any atom is -0.475 e. The average Bonchev–Trinajstić information content (AvgIpc) is 3.49. The highest BCUT2D eigenvalue weighted by Crippen LogP contribution is 2.29. The van der Waals surface area contributed by atoms with Crippen LogP contribution in [-0.4, -0.2) is 70.1 Å². The molecule has 9 nitrogen and oxygen atoms in total. The van der Waals surface area contributed by atoms with Crippen LogP contribution in [0.4, 0.5) is 24.1 Å². The summed E-state index contributed by atoms with van der Waals surface area (Å²) >= 11 is 7.38. The van der Waals surface area contributed by atoms with Crippen molar-refractivity contribution in [2.45, 2.75) is 13.1 Å². The van der Waals surface area contributed by atoms with Crippen LogP contribution in [0.1, 0.15) is 25.6 Å². The van der Waals surface area contributed by atoms with Gasteiger partial charge in [-0.2, -0.15) is 13.2 Å². The van der Waals surface area contributed by atoms with Gasteiger partial charge in [-0.15, -0.1) is 11.3 Å². The highest BCUT2D eigenvalue weighted by Gasteiger charge is 2.38. The lowest BCUT2D eigenvalue weighted by atomic mass is 10.2. The van der Waals surface area contributed by atoms with Gasteiger partial charge in [-0.1, -0.05) is 23.7 Å². The van der Waals surface area contributed by atoms with E-state index in [2.05, 4.69) is 20.2 Å². The second kappa shape index (κ2) is 11.4. The number of hydrogen-bond donors (Lipinski definition) is 3. The van der Waals surface area contributed by atoms with Crippen molar-refractivity contribution < 1.29 is 32.7 Å². The maximum absolute atomic E-state index is 13.0. The van der Waals surface area contributed by atoms with E-state index in [0.717, 1.165) is 24.6 Å². The summed E-state index contributed by atoms with van der Waals surface area (Å²) in [6.07, 6.45) is -1.57. The predicted molar refractivity (Wildman–Crippen MR) is 129 cm³/mol. The number of halogens is 4. The van der Waals surface area contributed by atoms with Crippen molar-refractivity contribution in [1.29, 1.82) is 0 Å². The van der Waals surface area contributed by atoms with Crippen LogP contribution in [0, 0.1) is 6.92 Å². The molecule has 36 heavy (non-hydrogen) atoms. The average molecular weight is 544 g/mol. The van der Waals surface area contributed by atoms with E-state index in [1.54, 1.807) is 36.7 Å². The van der Waals surface area contributed by atoms with E-state index in [9.17, 15) is 22.8 Å². The quantitative estimate of drug-likeness (QED) is 0.452. The molecule has 192 valence electrons. The predicted octanol–water partition coefficient (Wildman–Crippen LogP) is 4.28. The van der Waals surface area contributed by atoms with Gasteiger partial charge < -0.3 is 25.2 Å². The summed E-state index contributed by atoms with van der Waals surface area (Å²) in [4.78, 5) is 46.3. The minimum atomic E-state index is -5.08. The fourth-order valence-electron chi connectivity index (χ4n) is 3.28. The van der Waals surface area contributed by atoms with Gasteiger partial charge in [0.2, 0.25) is 5.95 Å². The molecule has 1 fully saturated rings. The van der Waals surface area contributed by atoms with E-state index >= 15 is 0 Å². The first-order valence-corrected chi connectivity index (χ1v) is 11.7. The van der Waals surface area contributed by atoms with Gasteiger partial charge in [0.1, 0.15) is 0 Å². The lowest BCUT2D eigenvalue weighted by Gasteiger charge is -2.34. The van der Waals surface area contributed by atoms with Gasteiger partial charge in [0.25, 0.3) is 11.8 Å². The van der Waals surface area contributed by atoms with Crippen molar-refractivity contribution >= 4 is 51.7 Å². The summed E-state index contributed by atoms with van der Waals surface area (Å²) in [7, 11) is 0. The summed E-state index contributed by atoms with van der Waals surface area (Å²) in [6, 6.07) is 8.70. The van der Waals surface area contributed by atoms with Crippen molar-refractivity contribution in [3.8, 4) is 0 Å². The first kappa shape index (κ1) is 27.0. The fourth-order valence-corrected chi connectivity index (χ4v) is 4.53. The summed E-state index contributed by atoms with van der Waals surface area (Å²) in [5.41, 5.74) is 1.25. The lowest BCUT2D eigenvalue weighted by molar-refractivity contribution is -0.192. The number of H-pyrrole nitrogens is 1. The largest absolute Gasteiger partial charge is 0.490 e. The molecule has 14 heteroatoms. The van der Waals surface area contributed by atoms with Crippen molar-refractivity contribution in [2.75, 3.05) is 36.4 Å². The molecular weight excluding hydrogens is 523 g/mol. The Morgan fingerprint density at radius 2 is 1.81 bits per heavy atom. The molecule has 1 saturated heterocycles. The molecule has 1 aliphatic heterocycles. The van der Waals surface area contributed by atoms with Gasteiger partial charge >= 0.3 is 12.1 Å². The third-order valence-electron chi connectivity index (χ3n) is 5.06. The van der Waals surface area contributed by atoms with Crippen LogP contribution in [0.3, 0.4) is 0 Å². The molecule has 4 rings (SSSR count). The Kier molecular flexibility index (Phi) is 8.58.